The molecule has 5 heteroatoms. The summed E-state index contributed by atoms with van der Waals surface area (Å²) >= 11 is 9.09. The van der Waals surface area contributed by atoms with Crippen LogP contribution in [0.4, 0.5) is 0 Å². The Morgan fingerprint density at radius 1 is 1.67 bits per heavy atom. The molecule has 0 bridgehead atoms. The zero-order chi connectivity index (χ0) is 11.4. The number of ether oxygens (including phenoxy) is 1. The fourth-order valence-electron chi connectivity index (χ4n) is 1.19. The molecule has 15 heavy (non-hydrogen) atoms. The molecule has 0 aliphatic heterocycles. The largest absolute Gasteiger partial charge is 0.465 e. The minimum absolute atomic E-state index is 0.245. The lowest BCUT2D eigenvalue weighted by Crippen LogP contribution is -2.07. The first-order chi connectivity index (χ1) is 7.15. The number of hydrogen-bond donors (Lipinski definition) is 0. The van der Waals surface area contributed by atoms with Crippen LogP contribution in [0.5, 0.6) is 0 Å². The number of rotatable bonds is 2. The lowest BCUT2D eigenvalue weighted by molar-refractivity contribution is 0.0600. The summed E-state index contributed by atoms with van der Waals surface area (Å²) in [6, 6.07) is 5.08. The van der Waals surface area contributed by atoms with Crippen LogP contribution in [-0.4, -0.2) is 13.1 Å². The van der Waals surface area contributed by atoms with Gasteiger partial charge < -0.3 is 4.74 Å². The number of carbonyl (C=O) groups is 1. The highest BCUT2D eigenvalue weighted by molar-refractivity contribution is 9.08. The van der Waals surface area contributed by atoms with Gasteiger partial charge in [-0.3, -0.25) is 0 Å². The van der Waals surface area contributed by atoms with Crippen LogP contribution in [0.15, 0.2) is 12.1 Å². The normalized spacial score (nSPS) is 9.47. The van der Waals surface area contributed by atoms with Crippen molar-refractivity contribution in [2.75, 3.05) is 7.11 Å². The summed E-state index contributed by atoms with van der Waals surface area (Å²) in [4.78, 5) is 11.4. The minimum atomic E-state index is -0.536. The average molecular weight is 289 g/mol. The molecule has 78 valence electrons. The van der Waals surface area contributed by atoms with Crippen molar-refractivity contribution >= 4 is 33.5 Å². The van der Waals surface area contributed by atoms with E-state index in [9.17, 15) is 4.79 Å². The fraction of sp³-hybridized carbons (Fsp3) is 0.200. The monoisotopic (exact) mass is 287 g/mol. The van der Waals surface area contributed by atoms with E-state index in [1.807, 2.05) is 6.07 Å². The van der Waals surface area contributed by atoms with Crippen LogP contribution < -0.4 is 0 Å². The standard InChI is InChI=1S/C10H7BrClNO2/c1-15-10(14)9-7(4-11)6(5-13)2-3-8(9)12/h2-3H,4H2,1H3. The highest BCUT2D eigenvalue weighted by Crippen LogP contribution is 2.26. The summed E-state index contributed by atoms with van der Waals surface area (Å²) in [7, 11) is 1.27. The number of hydrogen-bond acceptors (Lipinski definition) is 3. The van der Waals surface area contributed by atoms with Gasteiger partial charge in [-0.25, -0.2) is 4.79 Å². The van der Waals surface area contributed by atoms with Gasteiger partial charge in [-0.15, -0.1) is 0 Å². The third-order valence-corrected chi connectivity index (χ3v) is 2.78. The number of benzene rings is 1. The molecule has 0 spiro atoms. The third-order valence-electron chi connectivity index (χ3n) is 1.91. The molecule has 0 aliphatic rings. The Kier molecular flexibility index (Phi) is 4.13. The maximum absolute atomic E-state index is 11.4. The summed E-state index contributed by atoms with van der Waals surface area (Å²) in [5.74, 6) is -0.536. The Morgan fingerprint density at radius 2 is 2.33 bits per heavy atom. The van der Waals surface area contributed by atoms with Crippen molar-refractivity contribution in [1.29, 1.82) is 5.26 Å². The molecular weight excluding hydrogens is 281 g/mol. The first kappa shape index (κ1) is 12.0. The second-order valence-electron chi connectivity index (χ2n) is 2.69. The van der Waals surface area contributed by atoms with Crippen molar-refractivity contribution < 1.29 is 9.53 Å². The van der Waals surface area contributed by atoms with Crippen LogP contribution in [-0.2, 0) is 10.1 Å². The maximum Gasteiger partial charge on any atom is 0.339 e. The van der Waals surface area contributed by atoms with Crippen molar-refractivity contribution in [1.82, 2.24) is 0 Å². The Labute approximate surface area is 101 Å². The third kappa shape index (κ3) is 2.31. The topological polar surface area (TPSA) is 50.1 Å². The molecule has 0 radical (unpaired) electrons. The van der Waals surface area contributed by atoms with E-state index in [0.717, 1.165) is 0 Å². The van der Waals surface area contributed by atoms with Crippen molar-refractivity contribution in [2.45, 2.75) is 5.33 Å². The van der Waals surface area contributed by atoms with Crippen molar-refractivity contribution in [3.63, 3.8) is 0 Å². The Hall–Kier alpha value is -1.05. The van der Waals surface area contributed by atoms with Crippen LogP contribution in [0.3, 0.4) is 0 Å². The number of methoxy groups -OCH3 is 1. The Balaban J connectivity index is 3.47. The second kappa shape index (κ2) is 5.15. The highest BCUT2D eigenvalue weighted by atomic mass is 79.9. The molecule has 0 saturated heterocycles. The first-order valence-corrected chi connectivity index (χ1v) is 5.51. The SMILES string of the molecule is COC(=O)c1c(Cl)ccc(C#N)c1CBr. The van der Waals surface area contributed by atoms with Gasteiger partial charge in [-0.2, -0.15) is 5.26 Å². The summed E-state index contributed by atoms with van der Waals surface area (Å²) in [6.07, 6.45) is 0. The first-order valence-electron chi connectivity index (χ1n) is 4.01. The van der Waals surface area contributed by atoms with E-state index in [2.05, 4.69) is 20.7 Å². The summed E-state index contributed by atoms with van der Waals surface area (Å²) in [5, 5.41) is 9.52. The molecule has 0 unspecified atom stereocenters. The molecule has 0 N–H and O–H groups in total. The van der Waals surface area contributed by atoms with Gasteiger partial charge in [0, 0.05) is 5.33 Å². The van der Waals surface area contributed by atoms with Crippen molar-refractivity contribution in [2.24, 2.45) is 0 Å². The molecule has 0 fully saturated rings. The smallest absolute Gasteiger partial charge is 0.339 e. The van der Waals surface area contributed by atoms with Crippen LogP contribution in [0, 0.1) is 11.3 Å². The van der Waals surface area contributed by atoms with Gasteiger partial charge in [0.05, 0.1) is 29.3 Å². The number of nitriles is 1. The zero-order valence-electron chi connectivity index (χ0n) is 7.88. The molecule has 1 aromatic carbocycles. The molecule has 1 aromatic rings. The number of carbonyl (C=O) groups excluding carboxylic acids is 1. The van der Waals surface area contributed by atoms with E-state index < -0.39 is 5.97 Å². The van der Waals surface area contributed by atoms with E-state index in [1.54, 1.807) is 6.07 Å². The van der Waals surface area contributed by atoms with Crippen molar-refractivity contribution in [3.8, 4) is 6.07 Å². The lowest BCUT2D eigenvalue weighted by atomic mass is 10.0. The van der Waals surface area contributed by atoms with E-state index in [1.165, 1.54) is 13.2 Å². The van der Waals surface area contributed by atoms with Gasteiger partial charge in [0.2, 0.25) is 0 Å². The van der Waals surface area contributed by atoms with Gasteiger partial charge in [-0.1, -0.05) is 27.5 Å². The summed E-state index contributed by atoms with van der Waals surface area (Å²) < 4.78 is 4.61. The maximum atomic E-state index is 11.4. The zero-order valence-corrected chi connectivity index (χ0v) is 10.2. The predicted octanol–water partition coefficient (Wildman–Crippen LogP) is 2.89. The van der Waals surface area contributed by atoms with E-state index in [-0.39, 0.29) is 10.6 Å². The number of alkyl halides is 1. The molecule has 0 aliphatic carbocycles. The van der Waals surface area contributed by atoms with E-state index in [4.69, 9.17) is 16.9 Å². The molecule has 0 amide bonds. The fourth-order valence-corrected chi connectivity index (χ4v) is 2.02. The molecule has 0 atom stereocenters. The second-order valence-corrected chi connectivity index (χ2v) is 3.65. The van der Waals surface area contributed by atoms with Crippen LogP contribution >= 0.6 is 27.5 Å². The molecule has 0 aromatic heterocycles. The Bertz CT molecular complexity index is 440. The van der Waals surface area contributed by atoms with Crippen LogP contribution in [0.25, 0.3) is 0 Å². The minimum Gasteiger partial charge on any atom is -0.465 e. The van der Waals surface area contributed by atoms with Gasteiger partial charge in [-0.05, 0) is 17.7 Å². The summed E-state index contributed by atoms with van der Waals surface area (Å²) in [5.41, 5.74) is 1.21. The van der Waals surface area contributed by atoms with Crippen molar-refractivity contribution in [3.05, 3.63) is 33.8 Å². The Morgan fingerprint density at radius 3 is 2.80 bits per heavy atom. The number of halogens is 2. The summed E-state index contributed by atoms with van der Waals surface area (Å²) in [6.45, 7) is 0. The quantitative estimate of drug-likeness (QED) is 0.621. The molecule has 1 rings (SSSR count). The van der Waals surface area contributed by atoms with Crippen LogP contribution in [0.2, 0.25) is 5.02 Å². The molecular formula is C10H7BrClNO2. The predicted molar refractivity (Wildman–Crippen MR) is 60.1 cm³/mol. The molecule has 0 heterocycles. The average Bonchev–Trinajstić information content (AvgIpc) is 2.27. The lowest BCUT2D eigenvalue weighted by Gasteiger charge is -2.08. The highest BCUT2D eigenvalue weighted by Gasteiger charge is 2.18. The van der Waals surface area contributed by atoms with Gasteiger partial charge in [0.15, 0.2) is 0 Å². The van der Waals surface area contributed by atoms with Gasteiger partial charge in [0.1, 0.15) is 0 Å². The van der Waals surface area contributed by atoms with Gasteiger partial charge in [0.25, 0.3) is 0 Å². The van der Waals surface area contributed by atoms with E-state index >= 15 is 0 Å². The number of nitrogens with zero attached hydrogens (tertiary/aromatic N) is 1. The molecule has 3 nitrogen and oxygen atoms in total. The van der Waals surface area contributed by atoms with E-state index in [0.29, 0.717) is 16.5 Å². The van der Waals surface area contributed by atoms with Crippen LogP contribution in [0.1, 0.15) is 21.5 Å². The number of esters is 1. The molecule has 0 saturated carbocycles. The van der Waals surface area contributed by atoms with Gasteiger partial charge >= 0.3 is 5.97 Å².